The molecule has 21 heavy (non-hydrogen) atoms. The first kappa shape index (κ1) is 15.9. The third-order valence-electron chi connectivity index (χ3n) is 3.54. The zero-order valence-electron chi connectivity index (χ0n) is 11.9. The summed E-state index contributed by atoms with van der Waals surface area (Å²) in [6.07, 6.45) is 0.307. The third-order valence-corrected chi connectivity index (χ3v) is 5.73. The highest BCUT2D eigenvalue weighted by Gasteiger charge is 2.39. The molecule has 1 aliphatic rings. The number of benzene rings is 1. The van der Waals surface area contributed by atoms with E-state index in [1.54, 1.807) is 0 Å². The maximum Gasteiger partial charge on any atom is 0.253 e. The number of halogens is 1. The number of rotatable bonds is 3. The van der Waals surface area contributed by atoms with Crippen molar-refractivity contribution < 1.29 is 22.7 Å². The first-order valence-corrected chi connectivity index (χ1v) is 8.18. The number of likely N-dealkylation sites (tertiary alicyclic amines) is 1. The van der Waals surface area contributed by atoms with Gasteiger partial charge < -0.3 is 10.0 Å². The van der Waals surface area contributed by atoms with Gasteiger partial charge in [-0.15, -0.1) is 0 Å². The van der Waals surface area contributed by atoms with Gasteiger partial charge in [0.15, 0.2) is 9.84 Å². The van der Waals surface area contributed by atoms with Gasteiger partial charge in [-0.1, -0.05) is 0 Å². The molecular weight excluding hydrogens is 297 g/mol. The van der Waals surface area contributed by atoms with Crippen LogP contribution in [-0.2, 0) is 14.6 Å². The lowest BCUT2D eigenvalue weighted by Gasteiger charge is -2.24. The molecule has 1 heterocycles. The van der Waals surface area contributed by atoms with E-state index < -0.39 is 32.4 Å². The number of hydrogen-bond donors (Lipinski definition) is 1. The Balaban J connectivity index is 2.17. The Hall–Kier alpha value is -1.47. The quantitative estimate of drug-likeness (QED) is 0.844. The van der Waals surface area contributed by atoms with Crippen LogP contribution in [0, 0.1) is 5.82 Å². The summed E-state index contributed by atoms with van der Waals surface area (Å²) in [6, 6.07) is 4.65. The molecule has 2 rings (SSSR count). The molecule has 0 aromatic heterocycles. The fraction of sp³-hybridized carbons (Fsp3) is 0.500. The number of aliphatic hydroxyl groups is 1. The zero-order chi connectivity index (χ0) is 15.8. The minimum Gasteiger partial charge on any atom is -0.381 e. The molecular formula is C14H18FNO4S. The molecule has 0 bridgehead atoms. The van der Waals surface area contributed by atoms with E-state index in [0.717, 1.165) is 12.1 Å². The molecule has 0 radical (unpaired) electrons. The number of sulfone groups is 1. The Morgan fingerprint density at radius 3 is 2.43 bits per heavy atom. The Bertz CT molecular complexity index is 634. The average molecular weight is 315 g/mol. The second kappa shape index (κ2) is 5.38. The Labute approximate surface area is 123 Å². The van der Waals surface area contributed by atoms with Crippen LogP contribution in [0.25, 0.3) is 0 Å². The van der Waals surface area contributed by atoms with Gasteiger partial charge in [-0.05, 0) is 44.5 Å². The lowest BCUT2D eigenvalue weighted by atomic mass is 10.1. The molecule has 1 aromatic rings. The van der Waals surface area contributed by atoms with Gasteiger partial charge >= 0.3 is 0 Å². The maximum absolute atomic E-state index is 12.9. The lowest BCUT2D eigenvalue weighted by Crippen LogP contribution is -2.44. The molecule has 5 nitrogen and oxygen atoms in total. The molecule has 0 saturated carbocycles. The van der Waals surface area contributed by atoms with Crippen LogP contribution in [0.3, 0.4) is 0 Å². The molecule has 1 aromatic carbocycles. The van der Waals surface area contributed by atoms with E-state index in [4.69, 9.17) is 0 Å². The first-order chi connectivity index (χ1) is 9.62. The molecule has 1 aliphatic heterocycles. The molecule has 1 saturated heterocycles. The van der Waals surface area contributed by atoms with Gasteiger partial charge in [0.25, 0.3) is 5.91 Å². The lowest BCUT2D eigenvalue weighted by molar-refractivity contribution is -0.146. The van der Waals surface area contributed by atoms with Crippen LogP contribution in [0.15, 0.2) is 29.2 Å². The van der Waals surface area contributed by atoms with Crippen molar-refractivity contribution in [3.63, 3.8) is 0 Å². The van der Waals surface area contributed by atoms with E-state index in [1.807, 2.05) is 0 Å². The molecule has 1 fully saturated rings. The van der Waals surface area contributed by atoms with Crippen molar-refractivity contribution >= 4 is 15.7 Å². The van der Waals surface area contributed by atoms with Gasteiger partial charge in [0.05, 0.1) is 10.1 Å². The zero-order valence-corrected chi connectivity index (χ0v) is 12.7. The number of carbonyl (C=O) groups excluding carboxylic acids is 1. The van der Waals surface area contributed by atoms with Crippen LogP contribution < -0.4 is 0 Å². The van der Waals surface area contributed by atoms with Gasteiger partial charge in [0.2, 0.25) is 0 Å². The molecule has 1 atom stereocenters. The monoisotopic (exact) mass is 315 g/mol. The van der Waals surface area contributed by atoms with E-state index in [1.165, 1.54) is 30.9 Å². The normalized spacial score (nSPS) is 19.8. The standard InChI is InChI=1S/C14H18FNO4S/c1-14(2,18)13(17)16-8-7-12(9-16)21(19,20)11-5-3-10(15)4-6-11/h3-6,12,18H,7-9H2,1-2H3. The molecule has 0 spiro atoms. The first-order valence-electron chi connectivity index (χ1n) is 6.63. The van der Waals surface area contributed by atoms with Crippen molar-refractivity contribution in [2.24, 2.45) is 0 Å². The molecule has 7 heteroatoms. The van der Waals surface area contributed by atoms with Crippen LogP contribution in [0.5, 0.6) is 0 Å². The van der Waals surface area contributed by atoms with Crippen molar-refractivity contribution in [3.8, 4) is 0 Å². The predicted molar refractivity (Wildman–Crippen MR) is 74.9 cm³/mol. The second-order valence-corrected chi connectivity index (χ2v) is 7.95. The van der Waals surface area contributed by atoms with Gasteiger partial charge in [-0.25, -0.2) is 12.8 Å². The van der Waals surface area contributed by atoms with Crippen molar-refractivity contribution in [2.75, 3.05) is 13.1 Å². The average Bonchev–Trinajstić information content (AvgIpc) is 2.87. The Kier molecular flexibility index (Phi) is 4.08. The van der Waals surface area contributed by atoms with E-state index in [9.17, 15) is 22.7 Å². The van der Waals surface area contributed by atoms with Gasteiger partial charge in [0.1, 0.15) is 11.4 Å². The summed E-state index contributed by atoms with van der Waals surface area (Å²) in [5.74, 6) is -0.987. The molecule has 1 unspecified atom stereocenters. The summed E-state index contributed by atoms with van der Waals surface area (Å²) in [4.78, 5) is 13.4. The summed E-state index contributed by atoms with van der Waals surface area (Å²) >= 11 is 0. The summed E-state index contributed by atoms with van der Waals surface area (Å²) in [6.45, 7) is 3.07. The van der Waals surface area contributed by atoms with Crippen LogP contribution in [0.1, 0.15) is 20.3 Å². The fourth-order valence-corrected chi connectivity index (χ4v) is 4.06. The highest BCUT2D eigenvalue weighted by atomic mass is 32.2. The van der Waals surface area contributed by atoms with Crippen molar-refractivity contribution in [1.29, 1.82) is 0 Å². The minimum atomic E-state index is -3.61. The summed E-state index contributed by atoms with van der Waals surface area (Å²) in [5, 5.41) is 8.97. The van der Waals surface area contributed by atoms with Crippen LogP contribution >= 0.6 is 0 Å². The minimum absolute atomic E-state index is 0.0442. The van der Waals surface area contributed by atoms with Crippen molar-refractivity contribution in [3.05, 3.63) is 30.1 Å². The van der Waals surface area contributed by atoms with Crippen LogP contribution in [0.2, 0.25) is 0 Å². The van der Waals surface area contributed by atoms with E-state index in [-0.39, 0.29) is 18.0 Å². The summed E-state index contributed by atoms with van der Waals surface area (Å²) in [7, 11) is -3.61. The SMILES string of the molecule is CC(C)(O)C(=O)N1CCC(S(=O)(=O)c2ccc(F)cc2)C1. The number of nitrogens with zero attached hydrogens (tertiary/aromatic N) is 1. The van der Waals surface area contributed by atoms with E-state index >= 15 is 0 Å². The van der Waals surface area contributed by atoms with Crippen LogP contribution in [-0.4, -0.2) is 48.3 Å². The molecule has 0 aliphatic carbocycles. The highest BCUT2D eigenvalue weighted by Crippen LogP contribution is 2.25. The van der Waals surface area contributed by atoms with E-state index in [2.05, 4.69) is 0 Å². The molecule has 116 valence electrons. The highest BCUT2D eigenvalue weighted by molar-refractivity contribution is 7.92. The van der Waals surface area contributed by atoms with Crippen molar-refractivity contribution in [1.82, 2.24) is 4.90 Å². The van der Waals surface area contributed by atoms with Gasteiger partial charge in [-0.3, -0.25) is 4.79 Å². The second-order valence-electron chi connectivity index (χ2n) is 5.72. The molecule has 1 N–H and O–H groups in total. The summed E-state index contributed by atoms with van der Waals surface area (Å²) < 4.78 is 37.8. The largest absolute Gasteiger partial charge is 0.381 e. The van der Waals surface area contributed by atoms with Crippen molar-refractivity contribution in [2.45, 2.75) is 36.0 Å². The topological polar surface area (TPSA) is 74.7 Å². The van der Waals surface area contributed by atoms with Gasteiger partial charge in [-0.2, -0.15) is 0 Å². The number of amides is 1. The number of carbonyl (C=O) groups is 1. The predicted octanol–water partition coefficient (Wildman–Crippen LogP) is 0.971. The Morgan fingerprint density at radius 1 is 1.33 bits per heavy atom. The smallest absolute Gasteiger partial charge is 0.253 e. The van der Waals surface area contributed by atoms with Crippen LogP contribution in [0.4, 0.5) is 4.39 Å². The number of hydrogen-bond acceptors (Lipinski definition) is 4. The molecule has 1 amide bonds. The third kappa shape index (κ3) is 3.24. The Morgan fingerprint density at radius 2 is 1.90 bits per heavy atom. The van der Waals surface area contributed by atoms with Gasteiger partial charge in [0, 0.05) is 13.1 Å². The summed E-state index contributed by atoms with van der Waals surface area (Å²) in [5.41, 5.74) is -1.52. The van der Waals surface area contributed by atoms with E-state index in [0.29, 0.717) is 6.42 Å². The fourth-order valence-electron chi connectivity index (χ4n) is 2.37. The maximum atomic E-state index is 12.9.